The van der Waals surface area contributed by atoms with Crippen molar-refractivity contribution in [3.63, 3.8) is 0 Å². The van der Waals surface area contributed by atoms with Crippen molar-refractivity contribution in [3.05, 3.63) is 59.1 Å². The van der Waals surface area contributed by atoms with Crippen LogP contribution in [-0.4, -0.2) is 45.5 Å². The van der Waals surface area contributed by atoms with E-state index in [4.69, 9.17) is 4.74 Å². The van der Waals surface area contributed by atoms with Crippen LogP contribution in [-0.2, 0) is 14.3 Å². The zero-order chi connectivity index (χ0) is 21.0. The van der Waals surface area contributed by atoms with Crippen LogP contribution in [0.15, 0.2) is 42.1 Å². The van der Waals surface area contributed by atoms with Crippen LogP contribution >= 0.6 is 0 Å². The van der Waals surface area contributed by atoms with E-state index >= 15 is 0 Å². The summed E-state index contributed by atoms with van der Waals surface area (Å²) in [5.41, 5.74) is 2.94. The lowest BCUT2D eigenvalue weighted by Gasteiger charge is -2.21. The number of para-hydroxylation sites is 1. The van der Waals surface area contributed by atoms with Gasteiger partial charge in [-0.3, -0.25) is 9.59 Å². The molecule has 0 unspecified atom stereocenters. The SMILES string of the molecule is CCN(C(=O)COC(=O)C(=O)c1c(C)nn(-c2ccccc2)c1C)C1=CCCC1. The summed E-state index contributed by atoms with van der Waals surface area (Å²) in [5, 5.41) is 4.38. The molecule has 0 saturated carbocycles. The van der Waals surface area contributed by atoms with E-state index in [1.54, 1.807) is 23.4 Å². The number of ether oxygens (including phenoxy) is 1. The Morgan fingerprint density at radius 1 is 1.17 bits per heavy atom. The van der Waals surface area contributed by atoms with Crippen molar-refractivity contribution >= 4 is 17.7 Å². The number of Topliss-reactive ketones (excluding diaryl/α,β-unsaturated/α-hetero) is 1. The number of hydrogen-bond donors (Lipinski definition) is 0. The molecule has 1 heterocycles. The number of rotatable bonds is 7. The van der Waals surface area contributed by atoms with Gasteiger partial charge in [-0.05, 0) is 52.2 Å². The molecular formula is C22H25N3O4. The Hall–Kier alpha value is -3.22. The van der Waals surface area contributed by atoms with Crippen LogP contribution < -0.4 is 0 Å². The van der Waals surface area contributed by atoms with Crippen molar-refractivity contribution in [3.8, 4) is 5.69 Å². The van der Waals surface area contributed by atoms with Gasteiger partial charge in [0.05, 0.1) is 22.6 Å². The molecule has 3 rings (SSSR count). The summed E-state index contributed by atoms with van der Waals surface area (Å²) in [5.74, 6) is -2.16. The Morgan fingerprint density at radius 3 is 2.52 bits per heavy atom. The number of aryl methyl sites for hydroxylation is 1. The molecule has 0 N–H and O–H groups in total. The van der Waals surface area contributed by atoms with Gasteiger partial charge in [0.25, 0.3) is 11.7 Å². The molecule has 29 heavy (non-hydrogen) atoms. The summed E-state index contributed by atoms with van der Waals surface area (Å²) in [6.07, 6.45) is 4.82. The minimum absolute atomic E-state index is 0.206. The Morgan fingerprint density at radius 2 is 1.90 bits per heavy atom. The van der Waals surface area contributed by atoms with E-state index < -0.39 is 18.4 Å². The fraction of sp³-hybridized carbons (Fsp3) is 0.364. The number of nitrogens with zero attached hydrogens (tertiary/aromatic N) is 3. The van der Waals surface area contributed by atoms with E-state index in [0.717, 1.165) is 30.6 Å². The normalized spacial score (nSPS) is 13.1. The molecule has 0 radical (unpaired) electrons. The summed E-state index contributed by atoms with van der Waals surface area (Å²) < 4.78 is 6.66. The Balaban J connectivity index is 1.70. The topological polar surface area (TPSA) is 81.5 Å². The first kappa shape index (κ1) is 20.5. The minimum atomic E-state index is -1.05. The van der Waals surface area contributed by atoms with Gasteiger partial charge in [-0.25, -0.2) is 9.48 Å². The van der Waals surface area contributed by atoms with E-state index in [2.05, 4.69) is 5.10 Å². The molecule has 2 aromatic rings. The number of ketones is 1. The van der Waals surface area contributed by atoms with Gasteiger partial charge in [0.1, 0.15) is 0 Å². The van der Waals surface area contributed by atoms with Gasteiger partial charge >= 0.3 is 5.97 Å². The van der Waals surface area contributed by atoms with E-state index in [1.165, 1.54) is 0 Å². The number of benzene rings is 1. The second-order valence-corrected chi connectivity index (χ2v) is 6.92. The lowest BCUT2D eigenvalue weighted by Crippen LogP contribution is -2.34. The molecular weight excluding hydrogens is 370 g/mol. The second-order valence-electron chi connectivity index (χ2n) is 6.92. The third-order valence-electron chi connectivity index (χ3n) is 5.01. The smallest absolute Gasteiger partial charge is 0.380 e. The first-order valence-electron chi connectivity index (χ1n) is 9.76. The number of allylic oxidation sites excluding steroid dienone is 2. The van der Waals surface area contributed by atoms with Crippen LogP contribution in [0.25, 0.3) is 5.69 Å². The van der Waals surface area contributed by atoms with Crippen molar-refractivity contribution in [2.75, 3.05) is 13.2 Å². The predicted molar refractivity (Wildman–Crippen MR) is 108 cm³/mol. The maximum atomic E-state index is 12.7. The molecule has 1 aromatic heterocycles. The highest BCUT2D eigenvalue weighted by molar-refractivity contribution is 6.41. The Bertz CT molecular complexity index is 960. The number of aromatic nitrogens is 2. The highest BCUT2D eigenvalue weighted by atomic mass is 16.5. The molecule has 0 aliphatic heterocycles. The third kappa shape index (κ3) is 4.29. The Kier molecular flexibility index (Phi) is 6.26. The van der Waals surface area contributed by atoms with Crippen LogP contribution in [0.2, 0.25) is 0 Å². The summed E-state index contributed by atoms with van der Waals surface area (Å²) >= 11 is 0. The summed E-state index contributed by atoms with van der Waals surface area (Å²) in [7, 11) is 0. The molecule has 0 fully saturated rings. The van der Waals surface area contributed by atoms with Crippen LogP contribution in [0, 0.1) is 13.8 Å². The first-order chi connectivity index (χ1) is 13.9. The third-order valence-corrected chi connectivity index (χ3v) is 5.01. The molecule has 0 atom stereocenters. The minimum Gasteiger partial charge on any atom is -0.450 e. The average Bonchev–Trinajstić information content (AvgIpc) is 3.35. The van der Waals surface area contributed by atoms with Gasteiger partial charge in [0.2, 0.25) is 0 Å². The van der Waals surface area contributed by atoms with Gasteiger partial charge in [-0.15, -0.1) is 0 Å². The molecule has 1 aliphatic carbocycles. The van der Waals surface area contributed by atoms with Crippen molar-refractivity contribution in [1.82, 2.24) is 14.7 Å². The summed E-state index contributed by atoms with van der Waals surface area (Å²) in [6, 6.07) is 9.35. The molecule has 0 saturated heterocycles. The standard InChI is InChI=1S/C22H25N3O4/c1-4-24(17-10-8-9-11-17)19(26)14-29-22(28)21(27)20-15(2)23-25(16(20)3)18-12-6-5-7-13-18/h5-7,10,12-13H,4,8-9,11,14H2,1-3H3. The average molecular weight is 395 g/mol. The monoisotopic (exact) mass is 395 g/mol. The van der Waals surface area contributed by atoms with Crippen molar-refractivity contribution in [2.45, 2.75) is 40.0 Å². The second kappa shape index (κ2) is 8.86. The zero-order valence-electron chi connectivity index (χ0n) is 17.0. The zero-order valence-corrected chi connectivity index (χ0v) is 17.0. The van der Waals surface area contributed by atoms with Crippen molar-refractivity contribution in [2.24, 2.45) is 0 Å². The molecule has 7 heteroatoms. The fourth-order valence-corrected chi connectivity index (χ4v) is 3.60. The van der Waals surface area contributed by atoms with Crippen LogP contribution in [0.3, 0.4) is 0 Å². The van der Waals surface area contributed by atoms with E-state index in [9.17, 15) is 14.4 Å². The Labute approximate surface area is 170 Å². The number of carbonyl (C=O) groups is 3. The molecule has 152 valence electrons. The molecule has 1 aliphatic rings. The highest BCUT2D eigenvalue weighted by Crippen LogP contribution is 2.22. The predicted octanol–water partition coefficient (Wildman–Crippen LogP) is 3.13. The van der Waals surface area contributed by atoms with Gasteiger partial charge in [-0.1, -0.05) is 24.3 Å². The van der Waals surface area contributed by atoms with Crippen molar-refractivity contribution < 1.29 is 19.1 Å². The lowest BCUT2D eigenvalue weighted by molar-refractivity contribution is -0.147. The molecule has 1 amide bonds. The van der Waals surface area contributed by atoms with Crippen molar-refractivity contribution in [1.29, 1.82) is 0 Å². The van der Waals surface area contributed by atoms with Gasteiger partial charge in [-0.2, -0.15) is 5.10 Å². The lowest BCUT2D eigenvalue weighted by atomic mass is 10.1. The highest BCUT2D eigenvalue weighted by Gasteiger charge is 2.28. The van der Waals surface area contributed by atoms with Gasteiger partial charge in [0, 0.05) is 12.2 Å². The molecule has 7 nitrogen and oxygen atoms in total. The number of amides is 1. The number of esters is 1. The quantitative estimate of drug-likeness (QED) is 0.409. The maximum Gasteiger partial charge on any atom is 0.380 e. The molecule has 0 spiro atoms. The summed E-state index contributed by atoms with van der Waals surface area (Å²) in [6.45, 7) is 5.31. The number of likely N-dealkylation sites (N-methyl/N-ethyl adjacent to an activating group) is 1. The summed E-state index contributed by atoms with van der Waals surface area (Å²) in [4.78, 5) is 39.0. The van der Waals surface area contributed by atoms with Gasteiger partial charge in [0.15, 0.2) is 6.61 Å². The van der Waals surface area contributed by atoms with Crippen LogP contribution in [0.4, 0.5) is 0 Å². The van der Waals surface area contributed by atoms with Gasteiger partial charge < -0.3 is 9.64 Å². The van der Waals surface area contributed by atoms with E-state index in [1.807, 2.05) is 43.3 Å². The number of carbonyl (C=O) groups excluding carboxylic acids is 3. The number of hydrogen-bond acceptors (Lipinski definition) is 5. The largest absolute Gasteiger partial charge is 0.450 e. The fourth-order valence-electron chi connectivity index (χ4n) is 3.60. The van der Waals surface area contributed by atoms with E-state index in [0.29, 0.717) is 17.9 Å². The van der Waals surface area contributed by atoms with Crippen LogP contribution in [0.5, 0.6) is 0 Å². The van der Waals surface area contributed by atoms with E-state index in [-0.39, 0.29) is 11.5 Å². The maximum absolute atomic E-state index is 12.7. The molecule has 1 aromatic carbocycles. The van der Waals surface area contributed by atoms with Crippen LogP contribution in [0.1, 0.15) is 47.9 Å². The molecule has 0 bridgehead atoms. The first-order valence-corrected chi connectivity index (χ1v) is 9.76.